The second kappa shape index (κ2) is 14.3. The summed E-state index contributed by atoms with van der Waals surface area (Å²) >= 11 is 0. The molecule has 0 aliphatic carbocycles. The highest BCUT2D eigenvalue weighted by Gasteiger charge is 2.20. The minimum Gasteiger partial charge on any atom is -0.296 e. The summed E-state index contributed by atoms with van der Waals surface area (Å²) in [7, 11) is 0. The van der Waals surface area contributed by atoms with Gasteiger partial charge in [-0.1, -0.05) is 159 Å². The number of hydrogen-bond donors (Lipinski definition) is 0. The SMILES string of the molecule is CCc1nc2c3c(-c4ccc(-c5cccc(-c6nc(-c7cccc(-c8ccccc8)c7)nc7ccccc67)c5)cc4)nc4ccccc4c3ccc2n1-c1ccccc1. The Kier molecular flexibility index (Phi) is 8.37. The fourth-order valence-corrected chi connectivity index (χ4v) is 8.50. The van der Waals surface area contributed by atoms with E-state index < -0.39 is 0 Å². The van der Waals surface area contributed by atoms with Crippen molar-refractivity contribution in [3.63, 3.8) is 0 Å². The van der Waals surface area contributed by atoms with Crippen molar-refractivity contribution in [1.29, 1.82) is 0 Å². The van der Waals surface area contributed by atoms with Gasteiger partial charge in [-0.15, -0.1) is 0 Å². The van der Waals surface area contributed by atoms with E-state index in [1.165, 1.54) is 0 Å². The van der Waals surface area contributed by atoms with Gasteiger partial charge in [-0.05, 0) is 70.1 Å². The van der Waals surface area contributed by atoms with Crippen molar-refractivity contribution in [1.82, 2.24) is 24.5 Å². The molecule has 0 bridgehead atoms. The molecule has 0 spiro atoms. The number of fused-ring (bicyclic) bond motifs is 6. The van der Waals surface area contributed by atoms with Crippen LogP contribution in [0.2, 0.25) is 0 Å². The summed E-state index contributed by atoms with van der Waals surface area (Å²) in [5.74, 6) is 1.73. The predicted molar refractivity (Wildman–Crippen MR) is 244 cm³/mol. The first-order valence-electron chi connectivity index (χ1n) is 20.1. The third-order valence-corrected chi connectivity index (χ3v) is 11.3. The molecule has 8 aromatic carbocycles. The van der Waals surface area contributed by atoms with Gasteiger partial charge in [0, 0.05) is 45.0 Å². The Morgan fingerprint density at radius 1 is 0.390 bits per heavy atom. The molecule has 0 atom stereocenters. The fraction of sp³-hybridized carbons (Fsp3) is 0.0370. The smallest absolute Gasteiger partial charge is 0.160 e. The van der Waals surface area contributed by atoms with Crippen LogP contribution in [-0.4, -0.2) is 24.5 Å². The summed E-state index contributed by atoms with van der Waals surface area (Å²) in [6.45, 7) is 2.17. The second-order valence-corrected chi connectivity index (χ2v) is 14.9. The van der Waals surface area contributed by atoms with E-state index in [1.54, 1.807) is 0 Å². The molecule has 0 saturated carbocycles. The van der Waals surface area contributed by atoms with Crippen molar-refractivity contribution < 1.29 is 0 Å². The number of aryl methyl sites for hydroxylation is 1. The molecule has 0 aliphatic heterocycles. The van der Waals surface area contributed by atoms with Crippen molar-refractivity contribution in [3.05, 3.63) is 200 Å². The number of para-hydroxylation sites is 3. The fourth-order valence-electron chi connectivity index (χ4n) is 8.50. The molecule has 11 rings (SSSR count). The number of benzene rings is 8. The topological polar surface area (TPSA) is 56.5 Å². The van der Waals surface area contributed by atoms with Crippen molar-refractivity contribution in [2.45, 2.75) is 13.3 Å². The zero-order valence-corrected chi connectivity index (χ0v) is 32.4. The Hall–Kier alpha value is -7.76. The second-order valence-electron chi connectivity index (χ2n) is 14.9. The first kappa shape index (κ1) is 34.5. The molecule has 278 valence electrons. The summed E-state index contributed by atoms with van der Waals surface area (Å²) in [5.41, 5.74) is 14.5. The van der Waals surface area contributed by atoms with Gasteiger partial charge in [-0.2, -0.15) is 0 Å². The Labute approximate surface area is 342 Å². The standard InChI is InChI=1S/C54H37N5/c1-2-49-57-53-48(59(49)42-21-7-4-8-22-42)32-31-44-43-23-9-11-25-46(43)55-52(50(44)53)37-29-27-36(28-30-37)38-17-13-19-40(33-38)51-45-24-10-12-26-47(45)56-54(58-51)41-20-14-18-39(34-41)35-15-5-3-6-16-35/h3-34H,2H2,1H3. The van der Waals surface area contributed by atoms with Crippen LogP contribution in [-0.2, 0) is 6.42 Å². The monoisotopic (exact) mass is 755 g/mol. The molecule has 59 heavy (non-hydrogen) atoms. The Balaban J connectivity index is 1.01. The van der Waals surface area contributed by atoms with E-state index in [2.05, 4.69) is 193 Å². The van der Waals surface area contributed by atoms with Crippen molar-refractivity contribution in [2.75, 3.05) is 0 Å². The maximum Gasteiger partial charge on any atom is 0.160 e. The molecule has 0 fully saturated rings. The van der Waals surface area contributed by atoms with Crippen LogP contribution in [0, 0.1) is 0 Å². The number of rotatable bonds is 7. The quantitative estimate of drug-likeness (QED) is 0.152. The van der Waals surface area contributed by atoms with E-state index in [9.17, 15) is 0 Å². The van der Waals surface area contributed by atoms with Crippen LogP contribution in [0.1, 0.15) is 12.7 Å². The van der Waals surface area contributed by atoms with Crippen LogP contribution in [0.5, 0.6) is 0 Å². The maximum atomic E-state index is 5.34. The molecule has 0 radical (unpaired) electrons. The molecule has 3 heterocycles. The molecule has 0 amide bonds. The van der Waals surface area contributed by atoms with Gasteiger partial charge in [-0.25, -0.2) is 19.9 Å². The van der Waals surface area contributed by atoms with Crippen LogP contribution in [0.3, 0.4) is 0 Å². The lowest BCUT2D eigenvalue weighted by atomic mass is 9.96. The van der Waals surface area contributed by atoms with Crippen LogP contribution in [0.15, 0.2) is 194 Å². The van der Waals surface area contributed by atoms with Gasteiger partial charge in [0.05, 0.1) is 33.5 Å². The van der Waals surface area contributed by atoms with Gasteiger partial charge in [0.15, 0.2) is 5.82 Å². The van der Waals surface area contributed by atoms with Gasteiger partial charge in [0.2, 0.25) is 0 Å². The van der Waals surface area contributed by atoms with Crippen LogP contribution in [0.25, 0.3) is 105 Å². The average Bonchev–Trinajstić information content (AvgIpc) is 3.71. The van der Waals surface area contributed by atoms with Crippen molar-refractivity contribution in [2.24, 2.45) is 0 Å². The van der Waals surface area contributed by atoms with Crippen molar-refractivity contribution in [3.8, 4) is 61.8 Å². The van der Waals surface area contributed by atoms with E-state index in [0.717, 1.165) is 112 Å². The average molecular weight is 756 g/mol. The van der Waals surface area contributed by atoms with Crippen molar-refractivity contribution >= 4 is 43.6 Å². The molecule has 5 heteroatoms. The molecule has 0 unspecified atom stereocenters. The lowest BCUT2D eigenvalue weighted by Gasteiger charge is -2.13. The minimum absolute atomic E-state index is 0.704. The number of hydrogen-bond acceptors (Lipinski definition) is 4. The first-order valence-corrected chi connectivity index (χ1v) is 20.1. The molecular weight excluding hydrogens is 719 g/mol. The number of imidazole rings is 1. The van der Waals surface area contributed by atoms with E-state index in [-0.39, 0.29) is 0 Å². The zero-order valence-electron chi connectivity index (χ0n) is 32.4. The summed E-state index contributed by atoms with van der Waals surface area (Å²) in [4.78, 5) is 20.9. The number of nitrogens with zero attached hydrogens (tertiary/aromatic N) is 5. The highest BCUT2D eigenvalue weighted by molar-refractivity contribution is 6.20. The molecule has 0 saturated heterocycles. The normalized spacial score (nSPS) is 11.5. The molecule has 3 aromatic heterocycles. The zero-order chi connectivity index (χ0) is 39.3. The third kappa shape index (κ3) is 6.03. The summed E-state index contributed by atoms with van der Waals surface area (Å²) in [6.07, 6.45) is 0.808. The van der Waals surface area contributed by atoms with E-state index in [0.29, 0.717) is 5.82 Å². The number of pyridine rings is 1. The van der Waals surface area contributed by atoms with Crippen LogP contribution in [0.4, 0.5) is 0 Å². The largest absolute Gasteiger partial charge is 0.296 e. The predicted octanol–water partition coefficient (Wildman–Crippen LogP) is 13.6. The molecular formula is C54H37N5. The summed E-state index contributed by atoms with van der Waals surface area (Å²) in [6, 6.07) is 68.1. The molecule has 0 N–H and O–H groups in total. The minimum atomic E-state index is 0.704. The van der Waals surface area contributed by atoms with Gasteiger partial charge in [0.25, 0.3) is 0 Å². The van der Waals surface area contributed by atoms with Crippen LogP contribution < -0.4 is 0 Å². The number of aromatic nitrogens is 5. The lowest BCUT2D eigenvalue weighted by Crippen LogP contribution is -1.99. The van der Waals surface area contributed by atoms with E-state index in [4.69, 9.17) is 19.9 Å². The summed E-state index contributed by atoms with van der Waals surface area (Å²) < 4.78 is 2.29. The Morgan fingerprint density at radius 3 is 1.71 bits per heavy atom. The molecule has 5 nitrogen and oxygen atoms in total. The van der Waals surface area contributed by atoms with E-state index in [1.807, 2.05) is 12.1 Å². The highest BCUT2D eigenvalue weighted by atomic mass is 15.1. The lowest BCUT2D eigenvalue weighted by molar-refractivity contribution is 0.908. The van der Waals surface area contributed by atoms with Gasteiger partial charge >= 0.3 is 0 Å². The Morgan fingerprint density at radius 2 is 0.966 bits per heavy atom. The van der Waals surface area contributed by atoms with Gasteiger partial charge in [0.1, 0.15) is 5.82 Å². The highest BCUT2D eigenvalue weighted by Crippen LogP contribution is 2.39. The van der Waals surface area contributed by atoms with Gasteiger partial charge in [-0.3, -0.25) is 4.57 Å². The van der Waals surface area contributed by atoms with Crippen LogP contribution >= 0.6 is 0 Å². The maximum absolute atomic E-state index is 5.34. The first-order chi connectivity index (χ1) is 29.2. The van der Waals surface area contributed by atoms with Gasteiger partial charge < -0.3 is 0 Å². The molecule has 0 aliphatic rings. The third-order valence-electron chi connectivity index (χ3n) is 11.3. The summed E-state index contributed by atoms with van der Waals surface area (Å²) in [5, 5.41) is 4.36. The Bertz CT molecular complexity index is 3350. The molecule has 11 aromatic rings. The van der Waals surface area contributed by atoms with E-state index >= 15 is 0 Å².